The number of hydrogen-bond donors (Lipinski definition) is 0. The van der Waals surface area contributed by atoms with E-state index in [2.05, 4.69) is 26.0 Å². The molecule has 24 heavy (non-hydrogen) atoms. The molecule has 5 aliphatic rings. The van der Waals surface area contributed by atoms with Crippen LogP contribution < -0.4 is 0 Å². The number of allylic oxidation sites excluding steroid dienone is 4. The minimum atomic E-state index is 0.226. The molecule has 0 saturated heterocycles. The molecule has 130 valence electrons. The molecule has 0 aromatic carbocycles. The van der Waals surface area contributed by atoms with Crippen molar-refractivity contribution in [3.8, 4) is 0 Å². The summed E-state index contributed by atoms with van der Waals surface area (Å²) in [6, 6.07) is 0. The van der Waals surface area contributed by atoms with E-state index >= 15 is 0 Å². The smallest absolute Gasteiger partial charge is 0.156 e. The van der Waals surface area contributed by atoms with Crippen LogP contribution in [0.2, 0.25) is 0 Å². The average molecular weight is 326 g/mol. The first-order chi connectivity index (χ1) is 11.5. The Labute approximate surface area is 145 Å². The number of ether oxygens (including phenoxy) is 1. The number of hydrogen-bond acceptors (Lipinski definition) is 2. The molecule has 3 fully saturated rings. The van der Waals surface area contributed by atoms with E-state index in [-0.39, 0.29) is 5.41 Å². The summed E-state index contributed by atoms with van der Waals surface area (Å²) in [5, 5.41) is 0. The Hall–Kier alpha value is -0.890. The number of ketones is 1. The molecule has 5 rings (SSSR count). The standard InChI is InChI=1S/C22H30O2/c1-21-11-9-15(23)13-14(21)3-6-17-18-7-8-20(24-16-4-5-16)22(18,2)12-10-19(17)21/h3,6,13,16-20H,4-5,7-12H2,1-2H3/t17-,18-,19-,20-,21-,22-/m0/s1. The van der Waals surface area contributed by atoms with Crippen LogP contribution in [-0.2, 0) is 9.53 Å². The number of carbonyl (C=O) groups is 1. The monoisotopic (exact) mass is 326 g/mol. The first kappa shape index (κ1) is 15.4. The summed E-state index contributed by atoms with van der Waals surface area (Å²) in [5.74, 6) is 2.50. The van der Waals surface area contributed by atoms with Crippen molar-refractivity contribution in [3.63, 3.8) is 0 Å². The third kappa shape index (κ3) is 2.08. The van der Waals surface area contributed by atoms with Crippen molar-refractivity contribution in [1.29, 1.82) is 0 Å². The third-order valence-corrected chi connectivity index (χ3v) is 8.31. The Balaban J connectivity index is 1.47. The summed E-state index contributed by atoms with van der Waals surface area (Å²) in [4.78, 5) is 11.9. The molecule has 2 nitrogen and oxygen atoms in total. The summed E-state index contributed by atoms with van der Waals surface area (Å²) in [6.45, 7) is 4.95. The van der Waals surface area contributed by atoms with Crippen molar-refractivity contribution >= 4 is 5.78 Å². The maximum Gasteiger partial charge on any atom is 0.156 e. The Morgan fingerprint density at radius 2 is 1.88 bits per heavy atom. The second kappa shape index (κ2) is 5.06. The zero-order valence-electron chi connectivity index (χ0n) is 15.1. The van der Waals surface area contributed by atoms with Gasteiger partial charge in [0.05, 0.1) is 12.2 Å². The lowest BCUT2D eigenvalue weighted by atomic mass is 9.49. The Morgan fingerprint density at radius 1 is 1.04 bits per heavy atom. The Kier molecular flexibility index (Phi) is 3.24. The number of carbonyl (C=O) groups excluding carboxylic acids is 1. The van der Waals surface area contributed by atoms with Gasteiger partial charge in [0.15, 0.2) is 5.78 Å². The zero-order valence-corrected chi connectivity index (χ0v) is 15.1. The molecule has 0 radical (unpaired) electrons. The largest absolute Gasteiger partial charge is 0.374 e. The van der Waals surface area contributed by atoms with Crippen LogP contribution in [0.3, 0.4) is 0 Å². The highest BCUT2D eigenvalue weighted by molar-refractivity contribution is 5.92. The van der Waals surface area contributed by atoms with E-state index in [1.165, 1.54) is 44.1 Å². The summed E-state index contributed by atoms with van der Waals surface area (Å²) >= 11 is 0. The van der Waals surface area contributed by atoms with Crippen LogP contribution in [0, 0.1) is 28.6 Å². The van der Waals surface area contributed by atoms with Gasteiger partial charge in [0.1, 0.15) is 0 Å². The molecular formula is C22H30O2. The van der Waals surface area contributed by atoms with Gasteiger partial charge < -0.3 is 4.74 Å². The van der Waals surface area contributed by atoms with Crippen LogP contribution in [0.15, 0.2) is 23.8 Å². The van der Waals surface area contributed by atoms with Gasteiger partial charge in [-0.15, -0.1) is 0 Å². The van der Waals surface area contributed by atoms with Gasteiger partial charge in [-0.1, -0.05) is 26.0 Å². The molecule has 5 aliphatic carbocycles. The first-order valence-corrected chi connectivity index (χ1v) is 10.1. The third-order valence-electron chi connectivity index (χ3n) is 8.31. The Bertz CT molecular complexity index is 628. The zero-order chi connectivity index (χ0) is 16.5. The van der Waals surface area contributed by atoms with Gasteiger partial charge in [0.2, 0.25) is 0 Å². The van der Waals surface area contributed by atoms with Crippen molar-refractivity contribution in [2.24, 2.45) is 28.6 Å². The normalized spacial score (nSPS) is 50.1. The van der Waals surface area contributed by atoms with Crippen molar-refractivity contribution in [3.05, 3.63) is 23.8 Å². The predicted molar refractivity (Wildman–Crippen MR) is 94.5 cm³/mol. The van der Waals surface area contributed by atoms with Gasteiger partial charge >= 0.3 is 0 Å². The van der Waals surface area contributed by atoms with E-state index in [1.54, 1.807) is 0 Å². The van der Waals surface area contributed by atoms with Crippen molar-refractivity contribution in [1.82, 2.24) is 0 Å². The van der Waals surface area contributed by atoms with E-state index in [1.807, 2.05) is 6.08 Å². The lowest BCUT2D eigenvalue weighted by molar-refractivity contribution is -0.117. The van der Waals surface area contributed by atoms with Gasteiger partial charge in [-0.2, -0.15) is 0 Å². The van der Waals surface area contributed by atoms with Gasteiger partial charge in [-0.25, -0.2) is 0 Å². The van der Waals surface area contributed by atoms with Gasteiger partial charge in [0.25, 0.3) is 0 Å². The molecule has 0 spiro atoms. The second-order valence-electron chi connectivity index (χ2n) is 9.58. The van der Waals surface area contributed by atoms with Crippen molar-refractivity contribution in [2.75, 3.05) is 0 Å². The second-order valence-corrected chi connectivity index (χ2v) is 9.58. The molecule has 0 unspecified atom stereocenters. The minimum absolute atomic E-state index is 0.226. The molecule has 3 saturated carbocycles. The topological polar surface area (TPSA) is 26.3 Å². The van der Waals surface area contributed by atoms with Crippen LogP contribution in [0.25, 0.3) is 0 Å². The fraction of sp³-hybridized carbons (Fsp3) is 0.773. The molecule has 0 heterocycles. The molecular weight excluding hydrogens is 296 g/mol. The summed E-state index contributed by atoms with van der Waals surface area (Å²) in [6.07, 6.45) is 17.3. The predicted octanol–water partition coefficient (Wildman–Crippen LogP) is 4.84. The molecule has 0 bridgehead atoms. The SMILES string of the molecule is C[C@]12CC[C@H]3[C@@H](C=CC4=CC(=O)CC[C@@]43C)[C@@H]1CC[C@@H]2OC1CC1. The average Bonchev–Trinajstić information content (AvgIpc) is 3.31. The minimum Gasteiger partial charge on any atom is -0.374 e. The maximum absolute atomic E-state index is 11.9. The van der Waals surface area contributed by atoms with E-state index in [0.717, 1.165) is 24.7 Å². The molecule has 0 aromatic heterocycles. The quantitative estimate of drug-likeness (QED) is 0.725. The molecule has 0 aliphatic heterocycles. The van der Waals surface area contributed by atoms with E-state index < -0.39 is 0 Å². The van der Waals surface area contributed by atoms with Crippen LogP contribution >= 0.6 is 0 Å². The van der Waals surface area contributed by atoms with Crippen LogP contribution in [0.5, 0.6) is 0 Å². The lowest BCUT2D eigenvalue weighted by Crippen LogP contribution is -2.50. The molecule has 6 atom stereocenters. The summed E-state index contributed by atoms with van der Waals surface area (Å²) < 4.78 is 6.44. The lowest BCUT2D eigenvalue weighted by Gasteiger charge is -2.55. The fourth-order valence-corrected chi connectivity index (χ4v) is 6.61. The van der Waals surface area contributed by atoms with E-state index in [9.17, 15) is 4.79 Å². The highest BCUT2D eigenvalue weighted by atomic mass is 16.5. The van der Waals surface area contributed by atoms with Crippen molar-refractivity contribution in [2.45, 2.75) is 77.4 Å². The molecule has 0 aromatic rings. The first-order valence-electron chi connectivity index (χ1n) is 10.1. The molecule has 0 amide bonds. The molecule has 2 heteroatoms. The van der Waals surface area contributed by atoms with Crippen molar-refractivity contribution < 1.29 is 9.53 Å². The van der Waals surface area contributed by atoms with E-state index in [0.29, 0.717) is 29.3 Å². The van der Waals surface area contributed by atoms with E-state index in [4.69, 9.17) is 4.74 Å². The van der Waals surface area contributed by atoms with Crippen LogP contribution in [-0.4, -0.2) is 18.0 Å². The van der Waals surface area contributed by atoms with Gasteiger partial charge in [-0.3, -0.25) is 4.79 Å². The number of rotatable bonds is 2. The van der Waals surface area contributed by atoms with Gasteiger partial charge in [0, 0.05) is 6.42 Å². The highest BCUT2D eigenvalue weighted by Gasteiger charge is 2.58. The maximum atomic E-state index is 11.9. The number of fused-ring (bicyclic) bond motifs is 5. The Morgan fingerprint density at radius 3 is 2.67 bits per heavy atom. The van der Waals surface area contributed by atoms with Crippen LogP contribution in [0.4, 0.5) is 0 Å². The van der Waals surface area contributed by atoms with Crippen LogP contribution in [0.1, 0.15) is 65.2 Å². The summed E-state index contributed by atoms with van der Waals surface area (Å²) in [7, 11) is 0. The fourth-order valence-electron chi connectivity index (χ4n) is 6.61. The summed E-state index contributed by atoms with van der Waals surface area (Å²) in [5.41, 5.74) is 1.91. The molecule has 0 N–H and O–H groups in total. The highest BCUT2D eigenvalue weighted by Crippen LogP contribution is 2.64. The van der Waals surface area contributed by atoms with Gasteiger partial charge in [-0.05, 0) is 85.2 Å².